The first kappa shape index (κ1) is 19.4. The third-order valence-electron chi connectivity index (χ3n) is 4.65. The highest BCUT2D eigenvalue weighted by Crippen LogP contribution is 2.22. The smallest absolute Gasteiger partial charge is 0.271 e. The number of carbonyl (C=O) groups is 2. The molecule has 0 aliphatic heterocycles. The maximum atomic E-state index is 12.4. The summed E-state index contributed by atoms with van der Waals surface area (Å²) in [4.78, 5) is 24.4. The number of rotatable bonds is 6. The van der Waals surface area contributed by atoms with Crippen LogP contribution < -0.4 is 10.6 Å². The van der Waals surface area contributed by atoms with Gasteiger partial charge in [-0.05, 0) is 49.2 Å². The summed E-state index contributed by atoms with van der Waals surface area (Å²) in [5.41, 5.74) is 5.26. The van der Waals surface area contributed by atoms with Crippen molar-refractivity contribution in [2.24, 2.45) is 7.05 Å². The van der Waals surface area contributed by atoms with Crippen molar-refractivity contribution >= 4 is 11.8 Å². The molecule has 6 nitrogen and oxygen atoms in total. The van der Waals surface area contributed by atoms with Crippen LogP contribution >= 0.6 is 0 Å². The summed E-state index contributed by atoms with van der Waals surface area (Å²) in [5, 5.41) is 9.89. The van der Waals surface area contributed by atoms with Crippen LogP contribution in [0, 0.1) is 13.8 Å². The lowest BCUT2D eigenvalue weighted by Crippen LogP contribution is -2.34. The van der Waals surface area contributed by atoms with Crippen molar-refractivity contribution in [3.63, 3.8) is 0 Å². The molecule has 0 atom stereocenters. The van der Waals surface area contributed by atoms with Crippen LogP contribution in [0.2, 0.25) is 0 Å². The van der Waals surface area contributed by atoms with Crippen LogP contribution in [0.3, 0.4) is 0 Å². The highest BCUT2D eigenvalue weighted by Gasteiger charge is 2.14. The lowest BCUT2D eigenvalue weighted by Gasteiger charge is -2.06. The maximum absolute atomic E-state index is 12.4. The van der Waals surface area contributed by atoms with Crippen molar-refractivity contribution in [2.45, 2.75) is 13.8 Å². The summed E-state index contributed by atoms with van der Waals surface area (Å²) in [7, 11) is 1.82. The summed E-state index contributed by atoms with van der Waals surface area (Å²) in [6.45, 7) is 4.80. The number of nitrogens with one attached hydrogen (secondary N) is 2. The highest BCUT2D eigenvalue weighted by molar-refractivity contribution is 5.94. The number of nitrogens with zero attached hydrogens (tertiary/aromatic N) is 2. The Balaban J connectivity index is 1.56. The number of amides is 2. The SMILES string of the molecule is Cc1ccc(-c2cc(C(=O)NCCNC(=O)c3ccccc3)nn2C)cc1C. The van der Waals surface area contributed by atoms with Crippen molar-refractivity contribution < 1.29 is 9.59 Å². The van der Waals surface area contributed by atoms with Gasteiger partial charge in [0.1, 0.15) is 0 Å². The zero-order valence-corrected chi connectivity index (χ0v) is 16.3. The second-order valence-corrected chi connectivity index (χ2v) is 6.72. The first-order valence-corrected chi connectivity index (χ1v) is 9.19. The van der Waals surface area contributed by atoms with E-state index in [9.17, 15) is 9.59 Å². The predicted molar refractivity (Wildman–Crippen MR) is 109 cm³/mol. The van der Waals surface area contributed by atoms with E-state index in [1.54, 1.807) is 22.9 Å². The van der Waals surface area contributed by atoms with Gasteiger partial charge in [-0.25, -0.2) is 0 Å². The van der Waals surface area contributed by atoms with Gasteiger partial charge >= 0.3 is 0 Å². The summed E-state index contributed by atoms with van der Waals surface area (Å²) >= 11 is 0. The Morgan fingerprint density at radius 2 is 1.57 bits per heavy atom. The molecule has 0 aliphatic rings. The Labute approximate surface area is 164 Å². The standard InChI is InChI=1S/C22H24N4O2/c1-15-9-10-18(13-16(15)2)20-14-19(25-26(20)3)22(28)24-12-11-23-21(27)17-7-5-4-6-8-17/h4-10,13-14H,11-12H2,1-3H3,(H,23,27)(H,24,28). The molecule has 1 aromatic heterocycles. The van der Waals surface area contributed by atoms with Crippen LogP contribution in [-0.2, 0) is 7.05 Å². The zero-order valence-electron chi connectivity index (χ0n) is 16.3. The van der Waals surface area contributed by atoms with Gasteiger partial charge in [0.15, 0.2) is 5.69 Å². The Morgan fingerprint density at radius 3 is 2.25 bits per heavy atom. The van der Waals surface area contributed by atoms with E-state index in [0.717, 1.165) is 11.3 Å². The summed E-state index contributed by atoms with van der Waals surface area (Å²) in [6.07, 6.45) is 0. The summed E-state index contributed by atoms with van der Waals surface area (Å²) in [5.74, 6) is -0.427. The Morgan fingerprint density at radius 1 is 0.893 bits per heavy atom. The third kappa shape index (κ3) is 4.46. The third-order valence-corrected chi connectivity index (χ3v) is 4.65. The van der Waals surface area contributed by atoms with Gasteiger partial charge in [-0.3, -0.25) is 14.3 Å². The minimum Gasteiger partial charge on any atom is -0.350 e. The number of carbonyl (C=O) groups excluding carboxylic acids is 2. The monoisotopic (exact) mass is 376 g/mol. The molecule has 0 saturated carbocycles. The fraction of sp³-hybridized carbons (Fsp3) is 0.227. The lowest BCUT2D eigenvalue weighted by molar-refractivity contribution is 0.0924. The quantitative estimate of drug-likeness (QED) is 0.650. The fourth-order valence-corrected chi connectivity index (χ4v) is 2.88. The molecule has 3 rings (SSSR count). The van der Waals surface area contributed by atoms with E-state index < -0.39 is 0 Å². The van der Waals surface area contributed by atoms with Gasteiger partial charge < -0.3 is 10.6 Å². The van der Waals surface area contributed by atoms with E-state index in [0.29, 0.717) is 24.3 Å². The van der Waals surface area contributed by atoms with E-state index >= 15 is 0 Å². The fourth-order valence-electron chi connectivity index (χ4n) is 2.88. The summed E-state index contributed by atoms with van der Waals surface area (Å²) < 4.78 is 1.70. The lowest BCUT2D eigenvalue weighted by atomic mass is 10.0. The van der Waals surface area contributed by atoms with Crippen LogP contribution in [0.15, 0.2) is 54.6 Å². The molecule has 0 fully saturated rings. The van der Waals surface area contributed by atoms with E-state index in [1.807, 2.05) is 31.3 Å². The molecular formula is C22H24N4O2. The van der Waals surface area contributed by atoms with E-state index in [2.05, 4.69) is 41.7 Å². The number of benzene rings is 2. The first-order valence-electron chi connectivity index (χ1n) is 9.19. The average Bonchev–Trinajstić information content (AvgIpc) is 3.09. The minimum absolute atomic E-state index is 0.162. The van der Waals surface area contributed by atoms with Crippen molar-refractivity contribution in [3.05, 3.63) is 77.0 Å². The van der Waals surface area contributed by atoms with Crippen LogP contribution in [0.1, 0.15) is 32.0 Å². The maximum Gasteiger partial charge on any atom is 0.271 e. The molecule has 2 amide bonds. The second kappa shape index (κ2) is 8.52. The van der Waals surface area contributed by atoms with Gasteiger partial charge in [-0.15, -0.1) is 0 Å². The molecule has 0 aliphatic carbocycles. The van der Waals surface area contributed by atoms with Crippen molar-refractivity contribution in [1.82, 2.24) is 20.4 Å². The number of hydrogen-bond acceptors (Lipinski definition) is 3. The van der Waals surface area contributed by atoms with Gasteiger partial charge in [0, 0.05) is 31.3 Å². The van der Waals surface area contributed by atoms with Gasteiger partial charge in [0.05, 0.1) is 5.69 Å². The van der Waals surface area contributed by atoms with E-state index in [4.69, 9.17) is 0 Å². The van der Waals surface area contributed by atoms with Gasteiger partial charge in [0.25, 0.3) is 11.8 Å². The molecular weight excluding hydrogens is 352 g/mol. The van der Waals surface area contributed by atoms with Crippen LogP contribution in [0.5, 0.6) is 0 Å². The van der Waals surface area contributed by atoms with Crippen molar-refractivity contribution in [2.75, 3.05) is 13.1 Å². The molecule has 0 bridgehead atoms. The zero-order chi connectivity index (χ0) is 20.1. The Kier molecular flexibility index (Phi) is 5.89. The van der Waals surface area contributed by atoms with Crippen LogP contribution in [-0.4, -0.2) is 34.7 Å². The molecule has 0 spiro atoms. The molecule has 0 unspecified atom stereocenters. The van der Waals surface area contributed by atoms with Crippen LogP contribution in [0.4, 0.5) is 0 Å². The van der Waals surface area contributed by atoms with Crippen LogP contribution in [0.25, 0.3) is 11.3 Å². The first-order chi connectivity index (χ1) is 13.5. The molecule has 28 heavy (non-hydrogen) atoms. The van der Waals surface area contributed by atoms with Gasteiger partial charge in [0.2, 0.25) is 0 Å². The minimum atomic E-state index is -0.264. The highest BCUT2D eigenvalue weighted by atomic mass is 16.2. The predicted octanol–water partition coefficient (Wildman–Crippen LogP) is 2.86. The second-order valence-electron chi connectivity index (χ2n) is 6.72. The number of aromatic nitrogens is 2. The molecule has 2 N–H and O–H groups in total. The van der Waals surface area contributed by atoms with E-state index in [1.165, 1.54) is 11.1 Å². The molecule has 0 radical (unpaired) electrons. The number of aryl methyl sites for hydroxylation is 3. The molecule has 2 aromatic carbocycles. The van der Waals surface area contributed by atoms with E-state index in [-0.39, 0.29) is 11.8 Å². The van der Waals surface area contributed by atoms with Gasteiger partial charge in [-0.2, -0.15) is 5.10 Å². The topological polar surface area (TPSA) is 76.0 Å². The largest absolute Gasteiger partial charge is 0.350 e. The molecule has 3 aromatic rings. The molecule has 6 heteroatoms. The Hall–Kier alpha value is -3.41. The Bertz CT molecular complexity index is 993. The van der Waals surface area contributed by atoms with Crippen molar-refractivity contribution in [1.29, 1.82) is 0 Å². The molecule has 0 saturated heterocycles. The summed E-state index contributed by atoms with van der Waals surface area (Å²) in [6, 6.07) is 16.9. The average molecular weight is 376 g/mol. The van der Waals surface area contributed by atoms with Crippen molar-refractivity contribution in [3.8, 4) is 11.3 Å². The molecule has 1 heterocycles. The normalized spacial score (nSPS) is 10.5. The number of hydrogen-bond donors (Lipinski definition) is 2. The molecule has 144 valence electrons. The van der Waals surface area contributed by atoms with Gasteiger partial charge in [-0.1, -0.05) is 30.3 Å².